The minimum Gasteiger partial charge on any atom is -0.434 e. The Balaban J connectivity index is 0.00000312. The first kappa shape index (κ1) is 22.2. The molecular weight excluding hydrogens is 467 g/mol. The quantitative estimate of drug-likeness (QED) is 0.363. The third-order valence-corrected chi connectivity index (χ3v) is 4.07. The van der Waals surface area contributed by atoms with Crippen LogP contribution in [0.5, 0.6) is 5.75 Å². The van der Waals surface area contributed by atoms with E-state index in [-0.39, 0.29) is 41.9 Å². The molecule has 25 heavy (non-hydrogen) atoms. The first-order valence-corrected chi connectivity index (χ1v) is 8.11. The average Bonchev–Trinajstić information content (AvgIpc) is 2.96. The molecule has 2 N–H and O–H groups in total. The second kappa shape index (κ2) is 10.3. The Morgan fingerprint density at radius 2 is 2.20 bits per heavy atom. The summed E-state index contributed by atoms with van der Waals surface area (Å²) in [5.74, 6) is 0.637. The highest BCUT2D eigenvalue weighted by atomic mass is 127. The van der Waals surface area contributed by atoms with Crippen LogP contribution in [-0.2, 0) is 11.3 Å². The van der Waals surface area contributed by atoms with E-state index in [1.165, 1.54) is 12.1 Å². The predicted molar refractivity (Wildman–Crippen MR) is 105 cm³/mol. The average molecular weight is 490 g/mol. The molecule has 0 saturated carbocycles. The topological polar surface area (TPSA) is 54.9 Å². The van der Waals surface area contributed by atoms with Crippen LogP contribution in [0.4, 0.5) is 8.78 Å². The summed E-state index contributed by atoms with van der Waals surface area (Å²) < 4.78 is 35.2. The molecule has 0 aromatic heterocycles. The zero-order valence-electron chi connectivity index (χ0n) is 14.2. The number of halogens is 4. The highest BCUT2D eigenvalue weighted by Gasteiger charge is 2.29. The van der Waals surface area contributed by atoms with Crippen LogP contribution >= 0.6 is 35.6 Å². The lowest BCUT2D eigenvalue weighted by Crippen LogP contribution is -2.45. The predicted octanol–water partition coefficient (Wildman–Crippen LogP) is 3.79. The summed E-state index contributed by atoms with van der Waals surface area (Å²) in [6, 6.07) is 4.52. The molecule has 1 aliphatic rings. The molecule has 1 saturated heterocycles. The highest BCUT2D eigenvalue weighted by Crippen LogP contribution is 2.25. The van der Waals surface area contributed by atoms with Crippen LogP contribution in [0.1, 0.15) is 25.3 Å². The van der Waals surface area contributed by atoms with E-state index in [1.807, 2.05) is 6.92 Å². The van der Waals surface area contributed by atoms with Crippen LogP contribution in [-0.4, -0.2) is 38.4 Å². The summed E-state index contributed by atoms with van der Waals surface area (Å²) >= 11 is 5.93. The van der Waals surface area contributed by atoms with Crippen LogP contribution in [0.15, 0.2) is 23.2 Å². The van der Waals surface area contributed by atoms with Crippen LogP contribution in [0.25, 0.3) is 0 Å². The first-order chi connectivity index (χ1) is 11.4. The minimum absolute atomic E-state index is 0. The van der Waals surface area contributed by atoms with Gasteiger partial charge >= 0.3 is 6.61 Å². The molecule has 9 heteroatoms. The van der Waals surface area contributed by atoms with Gasteiger partial charge in [0.15, 0.2) is 5.96 Å². The van der Waals surface area contributed by atoms with Gasteiger partial charge < -0.3 is 20.1 Å². The fourth-order valence-electron chi connectivity index (χ4n) is 2.54. The summed E-state index contributed by atoms with van der Waals surface area (Å²) in [5.41, 5.74) is 0.312. The summed E-state index contributed by atoms with van der Waals surface area (Å²) in [6.45, 7) is 0.789. The number of ether oxygens (including phenoxy) is 2. The van der Waals surface area contributed by atoms with Crippen molar-refractivity contribution in [3.05, 3.63) is 28.8 Å². The van der Waals surface area contributed by atoms with Gasteiger partial charge in [0.1, 0.15) is 5.75 Å². The molecule has 2 rings (SSSR count). The van der Waals surface area contributed by atoms with Crippen LogP contribution < -0.4 is 15.4 Å². The standard InChI is InChI=1S/C16H22ClF2N3O2.HI/c1-16(6-3-7-23-16)10-22-15(20-2)21-9-11-8-12(17)4-5-13(11)24-14(18)19;/h4-5,8,14H,3,6-7,9-10H2,1-2H3,(H2,20,21,22);1H. The van der Waals surface area contributed by atoms with E-state index in [1.54, 1.807) is 13.1 Å². The molecule has 0 aliphatic carbocycles. The van der Waals surface area contributed by atoms with Gasteiger partial charge in [0, 0.05) is 37.3 Å². The van der Waals surface area contributed by atoms with Gasteiger partial charge in [-0.25, -0.2) is 0 Å². The Hall–Kier alpha value is -0.870. The largest absolute Gasteiger partial charge is 0.434 e. The van der Waals surface area contributed by atoms with E-state index in [4.69, 9.17) is 16.3 Å². The first-order valence-electron chi connectivity index (χ1n) is 7.73. The Morgan fingerprint density at radius 3 is 2.80 bits per heavy atom. The molecule has 1 atom stereocenters. The van der Waals surface area contributed by atoms with E-state index in [2.05, 4.69) is 20.4 Å². The van der Waals surface area contributed by atoms with Gasteiger partial charge in [-0.1, -0.05) is 11.6 Å². The normalized spacial score (nSPS) is 20.3. The fraction of sp³-hybridized carbons (Fsp3) is 0.562. The molecule has 1 aromatic carbocycles. The number of hydrogen-bond donors (Lipinski definition) is 2. The van der Waals surface area contributed by atoms with E-state index in [9.17, 15) is 8.78 Å². The molecule has 1 heterocycles. The Labute approximate surface area is 168 Å². The SMILES string of the molecule is CN=C(NCc1cc(Cl)ccc1OC(F)F)NCC1(C)CCCO1.I. The van der Waals surface area contributed by atoms with Crippen molar-refractivity contribution in [2.45, 2.75) is 38.5 Å². The highest BCUT2D eigenvalue weighted by molar-refractivity contribution is 14.0. The molecular formula is C16H23ClF2IN3O2. The number of hydrogen-bond acceptors (Lipinski definition) is 3. The van der Waals surface area contributed by atoms with Crippen LogP contribution in [0.2, 0.25) is 5.02 Å². The minimum atomic E-state index is -2.89. The summed E-state index contributed by atoms with van der Waals surface area (Å²) in [6.07, 6.45) is 2.03. The lowest BCUT2D eigenvalue weighted by molar-refractivity contribution is -0.0504. The number of alkyl halides is 2. The lowest BCUT2D eigenvalue weighted by atomic mass is 10.0. The number of guanidine groups is 1. The van der Waals surface area contributed by atoms with E-state index >= 15 is 0 Å². The van der Waals surface area contributed by atoms with Gasteiger partial charge in [0.05, 0.1) is 5.60 Å². The third-order valence-electron chi connectivity index (χ3n) is 3.84. The second-order valence-corrected chi connectivity index (χ2v) is 6.25. The number of nitrogens with zero attached hydrogens (tertiary/aromatic N) is 1. The maximum atomic E-state index is 12.5. The lowest BCUT2D eigenvalue weighted by Gasteiger charge is -2.24. The molecule has 1 unspecified atom stereocenters. The van der Waals surface area contributed by atoms with E-state index < -0.39 is 6.61 Å². The van der Waals surface area contributed by atoms with Crippen molar-refractivity contribution < 1.29 is 18.3 Å². The summed E-state index contributed by atoms with van der Waals surface area (Å²) in [5, 5.41) is 6.70. The van der Waals surface area contributed by atoms with Gasteiger partial charge in [0.2, 0.25) is 0 Å². The number of nitrogens with one attached hydrogen (secondary N) is 2. The fourth-order valence-corrected chi connectivity index (χ4v) is 2.74. The Morgan fingerprint density at radius 1 is 1.44 bits per heavy atom. The van der Waals surface area contributed by atoms with E-state index in [0.717, 1.165) is 19.4 Å². The van der Waals surface area contributed by atoms with Gasteiger partial charge in [0.25, 0.3) is 0 Å². The smallest absolute Gasteiger partial charge is 0.387 e. The zero-order valence-corrected chi connectivity index (χ0v) is 17.2. The third kappa shape index (κ3) is 7.10. The molecule has 0 spiro atoms. The monoisotopic (exact) mass is 489 g/mol. The molecule has 142 valence electrons. The molecule has 1 aliphatic heterocycles. The maximum Gasteiger partial charge on any atom is 0.387 e. The van der Waals surface area contributed by atoms with Gasteiger partial charge in [-0.2, -0.15) is 8.78 Å². The van der Waals surface area contributed by atoms with E-state index in [0.29, 0.717) is 23.1 Å². The number of aliphatic imine (C=N–C) groups is 1. The molecule has 1 aromatic rings. The van der Waals surface area contributed by atoms with Crippen molar-refractivity contribution in [1.29, 1.82) is 0 Å². The molecule has 0 radical (unpaired) electrons. The van der Waals surface area contributed by atoms with Crippen molar-refractivity contribution in [2.24, 2.45) is 4.99 Å². The number of rotatable bonds is 6. The van der Waals surface area contributed by atoms with Gasteiger partial charge in [-0.05, 0) is 38.0 Å². The second-order valence-electron chi connectivity index (χ2n) is 5.81. The Kier molecular flexibility index (Phi) is 9.15. The Bertz CT molecular complexity index is 584. The molecule has 0 amide bonds. The van der Waals surface area contributed by atoms with Gasteiger partial charge in [-0.3, -0.25) is 4.99 Å². The molecule has 1 fully saturated rings. The van der Waals surface area contributed by atoms with Crippen molar-refractivity contribution >= 4 is 41.5 Å². The van der Waals surface area contributed by atoms with Crippen molar-refractivity contribution in [2.75, 3.05) is 20.2 Å². The summed E-state index contributed by atoms with van der Waals surface area (Å²) in [7, 11) is 1.64. The zero-order chi connectivity index (χ0) is 17.6. The van der Waals surface area contributed by atoms with Gasteiger partial charge in [-0.15, -0.1) is 24.0 Å². The van der Waals surface area contributed by atoms with Crippen molar-refractivity contribution in [3.63, 3.8) is 0 Å². The number of benzene rings is 1. The molecule has 0 bridgehead atoms. The summed E-state index contributed by atoms with van der Waals surface area (Å²) in [4.78, 5) is 4.13. The van der Waals surface area contributed by atoms with Crippen molar-refractivity contribution in [3.8, 4) is 5.75 Å². The van der Waals surface area contributed by atoms with Crippen LogP contribution in [0.3, 0.4) is 0 Å². The molecule has 5 nitrogen and oxygen atoms in total. The maximum absolute atomic E-state index is 12.5. The van der Waals surface area contributed by atoms with Crippen LogP contribution in [0, 0.1) is 0 Å². The van der Waals surface area contributed by atoms with Crippen molar-refractivity contribution in [1.82, 2.24) is 10.6 Å².